The Morgan fingerprint density at radius 1 is 1.04 bits per heavy atom. The first-order valence-corrected chi connectivity index (χ1v) is 8.15. The zero-order valence-electron chi connectivity index (χ0n) is 13.6. The number of pyridine rings is 1. The Kier molecular flexibility index (Phi) is 3.47. The first-order chi connectivity index (χ1) is 11.9. The number of halogens is 1. The van der Waals surface area contributed by atoms with Gasteiger partial charge in [0.2, 0.25) is 0 Å². The number of hydrogen-bond donors (Lipinski definition) is 1. The van der Waals surface area contributed by atoms with E-state index in [1.54, 1.807) is 12.1 Å². The molecule has 0 amide bonds. The van der Waals surface area contributed by atoms with Gasteiger partial charge < -0.3 is 0 Å². The van der Waals surface area contributed by atoms with Gasteiger partial charge in [0, 0.05) is 16.1 Å². The molecule has 0 saturated carbocycles. The van der Waals surface area contributed by atoms with Gasteiger partial charge in [-0.2, -0.15) is 4.98 Å². The topological polar surface area (TPSA) is 67.8 Å². The highest BCUT2D eigenvalue weighted by Crippen LogP contribution is 2.32. The molecule has 6 heteroatoms. The molecule has 1 N–H and O–H groups in total. The molecule has 0 saturated heterocycles. The van der Waals surface area contributed by atoms with Crippen molar-refractivity contribution in [2.75, 3.05) is 0 Å². The number of rotatable bonds is 1. The molecule has 2 aliphatic rings. The van der Waals surface area contributed by atoms with Gasteiger partial charge in [0.25, 0.3) is 5.56 Å². The third kappa shape index (κ3) is 2.53. The summed E-state index contributed by atoms with van der Waals surface area (Å²) in [6.45, 7) is 3.99. The summed E-state index contributed by atoms with van der Waals surface area (Å²) in [5.74, 6) is 0.313. The Labute approximate surface area is 147 Å². The second-order valence-corrected chi connectivity index (χ2v) is 6.51. The largest absolute Gasteiger partial charge is 0.349 e. The van der Waals surface area contributed by atoms with E-state index in [2.05, 4.69) is 16.0 Å². The van der Waals surface area contributed by atoms with Crippen LogP contribution in [0, 0.1) is 13.8 Å². The van der Waals surface area contributed by atoms with Crippen LogP contribution in [0.15, 0.2) is 52.1 Å². The molecule has 0 radical (unpaired) electrons. The van der Waals surface area contributed by atoms with Crippen molar-refractivity contribution in [1.82, 2.24) is 14.5 Å². The molecule has 2 aromatic carbocycles. The maximum Gasteiger partial charge on any atom is 0.349 e. The van der Waals surface area contributed by atoms with Gasteiger partial charge in [0.05, 0.1) is 11.1 Å². The number of benzene rings is 2. The molecule has 0 unspecified atom stereocenters. The minimum Gasteiger partial charge on any atom is -0.294 e. The summed E-state index contributed by atoms with van der Waals surface area (Å²) in [7, 11) is 0. The maximum absolute atomic E-state index is 12.3. The molecule has 0 spiro atoms. The maximum atomic E-state index is 12.3. The summed E-state index contributed by atoms with van der Waals surface area (Å²) >= 11 is 6.36. The van der Waals surface area contributed by atoms with Crippen molar-refractivity contribution in [2.45, 2.75) is 13.8 Å². The van der Waals surface area contributed by atoms with Crippen molar-refractivity contribution < 1.29 is 0 Å². The lowest BCUT2D eigenvalue weighted by Crippen LogP contribution is -2.27. The Hall–Kier alpha value is -2.92. The summed E-state index contributed by atoms with van der Waals surface area (Å²) in [4.78, 5) is 30.4. The summed E-state index contributed by atoms with van der Waals surface area (Å²) in [6, 6.07) is 13.2. The summed E-state index contributed by atoms with van der Waals surface area (Å²) < 4.78 is 1.81. The van der Waals surface area contributed by atoms with Gasteiger partial charge in [-0.15, -0.1) is 0 Å². The lowest BCUT2D eigenvalue weighted by molar-refractivity contribution is 0.958. The molecule has 4 rings (SSSR count). The smallest absolute Gasteiger partial charge is 0.294 e. The van der Waals surface area contributed by atoms with E-state index >= 15 is 0 Å². The van der Waals surface area contributed by atoms with E-state index in [-0.39, 0.29) is 0 Å². The Bertz CT molecular complexity index is 1200. The number of fused-ring (bicyclic) bond motifs is 2. The van der Waals surface area contributed by atoms with Crippen molar-refractivity contribution >= 4 is 22.5 Å². The van der Waals surface area contributed by atoms with Gasteiger partial charge in [-0.25, -0.2) is 4.79 Å². The quantitative estimate of drug-likeness (QED) is 0.534. The fourth-order valence-corrected chi connectivity index (χ4v) is 3.44. The molecule has 0 atom stereocenters. The molecular formula is C19H14ClN3O2. The van der Waals surface area contributed by atoms with E-state index in [0.29, 0.717) is 16.4 Å². The second-order valence-electron chi connectivity index (χ2n) is 6.11. The van der Waals surface area contributed by atoms with Crippen LogP contribution in [0.3, 0.4) is 0 Å². The first-order valence-electron chi connectivity index (χ1n) is 7.77. The van der Waals surface area contributed by atoms with Crippen molar-refractivity contribution in [1.29, 1.82) is 0 Å². The molecule has 0 bridgehead atoms. The van der Waals surface area contributed by atoms with Crippen LogP contribution >= 0.6 is 11.6 Å². The van der Waals surface area contributed by atoms with Crippen molar-refractivity contribution in [2.24, 2.45) is 0 Å². The van der Waals surface area contributed by atoms with Gasteiger partial charge >= 0.3 is 5.69 Å². The minimum absolute atomic E-state index is 0.313. The molecule has 0 aliphatic carbocycles. The van der Waals surface area contributed by atoms with Gasteiger partial charge in [-0.1, -0.05) is 23.7 Å². The molecule has 0 aromatic heterocycles. The van der Waals surface area contributed by atoms with Crippen LogP contribution in [0.5, 0.6) is 0 Å². The van der Waals surface area contributed by atoms with Crippen molar-refractivity contribution in [3.8, 4) is 17.1 Å². The zero-order valence-corrected chi connectivity index (χ0v) is 14.4. The van der Waals surface area contributed by atoms with Gasteiger partial charge in [0.1, 0.15) is 0 Å². The van der Waals surface area contributed by atoms with E-state index < -0.39 is 11.2 Å². The fourth-order valence-electron chi connectivity index (χ4n) is 3.21. The fraction of sp³-hybridized carbons (Fsp3) is 0.105. The van der Waals surface area contributed by atoms with Crippen LogP contribution in [0.4, 0.5) is 0 Å². The minimum atomic E-state index is -0.669. The Balaban J connectivity index is 2.29. The number of H-pyrrole nitrogens is 1. The van der Waals surface area contributed by atoms with Gasteiger partial charge in [0.15, 0.2) is 5.82 Å². The predicted octanol–water partition coefficient (Wildman–Crippen LogP) is 3.45. The molecule has 124 valence electrons. The van der Waals surface area contributed by atoms with Crippen LogP contribution in [-0.2, 0) is 0 Å². The van der Waals surface area contributed by atoms with Crippen molar-refractivity contribution in [3.63, 3.8) is 0 Å². The zero-order chi connectivity index (χ0) is 17.7. The normalized spacial score (nSPS) is 11.3. The third-order valence-corrected chi connectivity index (χ3v) is 4.48. The average molecular weight is 352 g/mol. The molecule has 0 fully saturated rings. The van der Waals surface area contributed by atoms with E-state index in [1.165, 1.54) is 0 Å². The van der Waals surface area contributed by atoms with Crippen LogP contribution in [-0.4, -0.2) is 14.5 Å². The molecule has 2 aromatic rings. The molecule has 2 aliphatic heterocycles. The summed E-state index contributed by atoms with van der Waals surface area (Å²) in [5, 5.41) is 1.25. The van der Waals surface area contributed by atoms with Crippen LogP contribution < -0.4 is 11.2 Å². The lowest BCUT2D eigenvalue weighted by Gasteiger charge is -2.19. The molecular weight excluding hydrogens is 338 g/mol. The Morgan fingerprint density at radius 3 is 2.48 bits per heavy atom. The highest BCUT2D eigenvalue weighted by Gasteiger charge is 2.19. The van der Waals surface area contributed by atoms with E-state index in [1.807, 2.05) is 42.7 Å². The second kappa shape index (κ2) is 5.57. The SMILES string of the molecule is Cc1cc(C)cc(-n2c3nc(=O)[nH]c(=O)c-3cc3c(Cl)cccc32)c1. The third-order valence-electron chi connectivity index (χ3n) is 4.15. The van der Waals surface area contributed by atoms with E-state index in [4.69, 9.17) is 11.6 Å². The van der Waals surface area contributed by atoms with Crippen LogP contribution in [0.2, 0.25) is 5.02 Å². The lowest BCUT2D eigenvalue weighted by atomic mass is 10.1. The molecule has 25 heavy (non-hydrogen) atoms. The highest BCUT2D eigenvalue weighted by molar-refractivity contribution is 6.35. The van der Waals surface area contributed by atoms with Crippen LogP contribution in [0.25, 0.3) is 28.0 Å². The monoisotopic (exact) mass is 351 g/mol. The molecule has 2 heterocycles. The Morgan fingerprint density at radius 2 is 1.76 bits per heavy atom. The number of aromatic nitrogens is 3. The number of aromatic amines is 1. The summed E-state index contributed by atoms with van der Waals surface area (Å²) in [5.41, 5.74) is 2.92. The highest BCUT2D eigenvalue weighted by atomic mass is 35.5. The van der Waals surface area contributed by atoms with E-state index in [9.17, 15) is 9.59 Å². The predicted molar refractivity (Wildman–Crippen MR) is 99.1 cm³/mol. The van der Waals surface area contributed by atoms with E-state index in [0.717, 1.165) is 27.7 Å². The number of nitrogens with one attached hydrogen (secondary N) is 1. The summed E-state index contributed by atoms with van der Waals surface area (Å²) in [6.07, 6.45) is 0. The van der Waals surface area contributed by atoms with Crippen LogP contribution in [0.1, 0.15) is 11.1 Å². The van der Waals surface area contributed by atoms with Crippen molar-refractivity contribution in [3.05, 3.63) is 79.5 Å². The average Bonchev–Trinajstić information content (AvgIpc) is 2.52. The van der Waals surface area contributed by atoms with Gasteiger partial charge in [-0.05, 0) is 55.3 Å². The number of hydrogen-bond acceptors (Lipinski definition) is 3. The first kappa shape index (κ1) is 15.6. The standard InChI is InChI=1S/C19H14ClN3O2/c1-10-6-11(2)8-12(7-10)23-16-5-3-4-15(20)13(16)9-14-17(23)21-19(25)22-18(14)24/h3-9H,1-2H3,(H,22,24,25). The van der Waals surface area contributed by atoms with Gasteiger partial charge in [-0.3, -0.25) is 14.3 Å². The number of nitrogens with zero attached hydrogens (tertiary/aromatic N) is 2. The molecule has 5 nitrogen and oxygen atoms in total. The number of aryl methyl sites for hydroxylation is 2.